The van der Waals surface area contributed by atoms with Crippen LogP contribution >= 0.6 is 11.3 Å². The fourth-order valence-electron chi connectivity index (χ4n) is 3.60. The van der Waals surface area contributed by atoms with E-state index >= 15 is 0 Å². The van der Waals surface area contributed by atoms with Gasteiger partial charge < -0.3 is 14.6 Å². The SMILES string of the molecule is CCCCNC(=O)c1cc(-c2csc(-c3cnccn3)n2)n(Cc2ccc(OC)cc2)c1C. The summed E-state index contributed by atoms with van der Waals surface area (Å²) < 4.78 is 7.43. The molecule has 0 bridgehead atoms. The van der Waals surface area contributed by atoms with Crippen molar-refractivity contribution in [1.82, 2.24) is 24.8 Å². The summed E-state index contributed by atoms with van der Waals surface area (Å²) in [5.41, 5.74) is 5.13. The minimum absolute atomic E-state index is 0.0555. The quantitative estimate of drug-likeness (QED) is 0.356. The number of hydrogen-bond acceptors (Lipinski definition) is 6. The molecule has 1 amide bonds. The molecule has 0 unspecified atom stereocenters. The Bertz CT molecular complexity index is 1220. The lowest BCUT2D eigenvalue weighted by atomic mass is 10.2. The number of unbranched alkanes of at least 4 members (excludes halogenated alkanes) is 1. The van der Waals surface area contributed by atoms with E-state index in [-0.39, 0.29) is 5.91 Å². The number of aromatic nitrogens is 4. The molecule has 0 aliphatic rings. The van der Waals surface area contributed by atoms with E-state index < -0.39 is 0 Å². The van der Waals surface area contributed by atoms with Gasteiger partial charge in [0.1, 0.15) is 16.5 Å². The fraction of sp³-hybridized carbons (Fsp3) is 0.280. The maximum atomic E-state index is 12.9. The molecular formula is C25H27N5O2S. The number of nitrogens with one attached hydrogen (secondary N) is 1. The Kier molecular flexibility index (Phi) is 7.14. The predicted molar refractivity (Wildman–Crippen MR) is 131 cm³/mol. The van der Waals surface area contributed by atoms with Crippen LogP contribution in [0.1, 0.15) is 41.4 Å². The molecular weight excluding hydrogens is 434 g/mol. The summed E-state index contributed by atoms with van der Waals surface area (Å²) in [6.07, 6.45) is 7.00. The number of carbonyl (C=O) groups excluding carboxylic acids is 1. The summed E-state index contributed by atoms with van der Waals surface area (Å²) in [4.78, 5) is 26.2. The minimum Gasteiger partial charge on any atom is -0.497 e. The molecule has 0 radical (unpaired) electrons. The van der Waals surface area contributed by atoms with Crippen molar-refractivity contribution < 1.29 is 9.53 Å². The standard InChI is InChI=1S/C25H27N5O2S/c1-4-5-10-28-24(31)20-13-23(22-16-33-25(29-22)21-14-26-11-12-27-21)30(17(20)2)15-18-6-8-19(32-3)9-7-18/h6-9,11-14,16H,4-5,10,15H2,1-3H3,(H,28,31). The number of rotatable bonds is 9. The second-order valence-electron chi connectivity index (χ2n) is 7.70. The number of ether oxygens (including phenoxy) is 1. The average molecular weight is 462 g/mol. The number of hydrogen-bond donors (Lipinski definition) is 1. The second kappa shape index (κ2) is 10.4. The van der Waals surface area contributed by atoms with Gasteiger partial charge in [0, 0.05) is 36.6 Å². The van der Waals surface area contributed by atoms with E-state index in [0.29, 0.717) is 18.7 Å². The highest BCUT2D eigenvalue weighted by Crippen LogP contribution is 2.31. The van der Waals surface area contributed by atoms with Crippen molar-refractivity contribution in [3.8, 4) is 27.8 Å². The van der Waals surface area contributed by atoms with Gasteiger partial charge in [-0.15, -0.1) is 11.3 Å². The molecule has 0 aliphatic heterocycles. The summed E-state index contributed by atoms with van der Waals surface area (Å²) in [6.45, 7) is 5.38. The van der Waals surface area contributed by atoms with Crippen LogP contribution in [0, 0.1) is 6.92 Å². The highest BCUT2D eigenvalue weighted by Gasteiger charge is 2.20. The molecule has 0 spiro atoms. The highest BCUT2D eigenvalue weighted by atomic mass is 32.1. The Labute approximate surface area is 197 Å². The Morgan fingerprint density at radius 3 is 2.70 bits per heavy atom. The number of benzene rings is 1. The molecule has 0 saturated heterocycles. The fourth-order valence-corrected chi connectivity index (χ4v) is 4.37. The number of thiazole rings is 1. The molecule has 0 atom stereocenters. The summed E-state index contributed by atoms with van der Waals surface area (Å²) in [5.74, 6) is 0.757. The normalized spacial score (nSPS) is 10.9. The van der Waals surface area contributed by atoms with Crippen molar-refractivity contribution >= 4 is 17.2 Å². The average Bonchev–Trinajstić information content (AvgIpc) is 3.46. The molecule has 1 aromatic carbocycles. The molecule has 170 valence electrons. The van der Waals surface area contributed by atoms with Gasteiger partial charge in [0.25, 0.3) is 5.91 Å². The minimum atomic E-state index is -0.0555. The van der Waals surface area contributed by atoms with E-state index in [0.717, 1.165) is 51.9 Å². The Morgan fingerprint density at radius 2 is 2.00 bits per heavy atom. The highest BCUT2D eigenvalue weighted by molar-refractivity contribution is 7.13. The molecule has 3 heterocycles. The summed E-state index contributed by atoms with van der Waals surface area (Å²) in [7, 11) is 1.66. The van der Waals surface area contributed by atoms with Gasteiger partial charge in [-0.3, -0.25) is 14.8 Å². The Morgan fingerprint density at radius 1 is 1.18 bits per heavy atom. The zero-order valence-electron chi connectivity index (χ0n) is 19.0. The number of carbonyl (C=O) groups is 1. The van der Waals surface area contributed by atoms with Gasteiger partial charge in [-0.2, -0.15) is 0 Å². The van der Waals surface area contributed by atoms with Crippen LogP contribution in [0.5, 0.6) is 5.75 Å². The lowest BCUT2D eigenvalue weighted by Crippen LogP contribution is -2.24. The molecule has 1 N–H and O–H groups in total. The second-order valence-corrected chi connectivity index (χ2v) is 8.56. The number of amides is 1. The van der Waals surface area contributed by atoms with E-state index in [1.165, 1.54) is 11.3 Å². The van der Waals surface area contributed by atoms with Gasteiger partial charge >= 0.3 is 0 Å². The summed E-state index contributed by atoms with van der Waals surface area (Å²) in [6, 6.07) is 9.91. The van der Waals surface area contributed by atoms with E-state index in [1.54, 1.807) is 25.7 Å². The van der Waals surface area contributed by atoms with Gasteiger partial charge in [-0.05, 0) is 37.1 Å². The third-order valence-electron chi connectivity index (χ3n) is 5.48. The first-order valence-corrected chi connectivity index (χ1v) is 11.8. The van der Waals surface area contributed by atoms with Crippen molar-refractivity contribution in [3.63, 3.8) is 0 Å². The van der Waals surface area contributed by atoms with Crippen LogP contribution in [0.3, 0.4) is 0 Å². The van der Waals surface area contributed by atoms with Crippen molar-refractivity contribution in [1.29, 1.82) is 0 Å². The van der Waals surface area contributed by atoms with Crippen molar-refractivity contribution in [2.75, 3.05) is 13.7 Å². The first-order valence-electron chi connectivity index (χ1n) is 10.9. The van der Waals surface area contributed by atoms with E-state index in [4.69, 9.17) is 9.72 Å². The lowest BCUT2D eigenvalue weighted by Gasteiger charge is -2.12. The maximum absolute atomic E-state index is 12.9. The first-order chi connectivity index (χ1) is 16.1. The molecule has 3 aromatic heterocycles. The molecule has 0 saturated carbocycles. The van der Waals surface area contributed by atoms with E-state index in [9.17, 15) is 4.79 Å². The number of methoxy groups -OCH3 is 1. The van der Waals surface area contributed by atoms with E-state index in [2.05, 4.69) is 26.8 Å². The van der Waals surface area contributed by atoms with Crippen LogP contribution in [0.15, 0.2) is 54.3 Å². The van der Waals surface area contributed by atoms with Crippen LogP contribution in [0.2, 0.25) is 0 Å². The zero-order valence-corrected chi connectivity index (χ0v) is 19.9. The molecule has 33 heavy (non-hydrogen) atoms. The molecule has 0 fully saturated rings. The third-order valence-corrected chi connectivity index (χ3v) is 6.34. The van der Waals surface area contributed by atoms with Crippen LogP contribution < -0.4 is 10.1 Å². The third kappa shape index (κ3) is 5.12. The van der Waals surface area contributed by atoms with Crippen LogP contribution in [-0.4, -0.2) is 39.1 Å². The van der Waals surface area contributed by atoms with Gasteiger partial charge in [0.2, 0.25) is 0 Å². The molecule has 4 aromatic rings. The number of nitrogens with zero attached hydrogens (tertiary/aromatic N) is 4. The monoisotopic (exact) mass is 461 g/mol. The van der Waals surface area contributed by atoms with E-state index in [1.807, 2.05) is 42.6 Å². The van der Waals surface area contributed by atoms with Crippen LogP contribution in [0.4, 0.5) is 0 Å². The first kappa shape index (κ1) is 22.7. The van der Waals surface area contributed by atoms with Gasteiger partial charge in [0.05, 0.1) is 30.3 Å². The van der Waals surface area contributed by atoms with Crippen molar-refractivity contribution in [2.24, 2.45) is 0 Å². The smallest absolute Gasteiger partial charge is 0.253 e. The van der Waals surface area contributed by atoms with Crippen LogP contribution in [0.25, 0.3) is 22.1 Å². The van der Waals surface area contributed by atoms with Crippen molar-refractivity contribution in [3.05, 3.63) is 71.1 Å². The largest absolute Gasteiger partial charge is 0.497 e. The summed E-state index contributed by atoms with van der Waals surface area (Å²) in [5, 5.41) is 5.83. The van der Waals surface area contributed by atoms with Crippen molar-refractivity contribution in [2.45, 2.75) is 33.2 Å². The van der Waals surface area contributed by atoms with Gasteiger partial charge in [-0.1, -0.05) is 25.5 Å². The molecule has 8 heteroatoms. The zero-order chi connectivity index (χ0) is 23.2. The Hall–Kier alpha value is -3.52. The lowest BCUT2D eigenvalue weighted by molar-refractivity contribution is 0.0952. The predicted octanol–water partition coefficient (Wildman–Crippen LogP) is 4.96. The molecule has 4 rings (SSSR count). The molecule has 0 aliphatic carbocycles. The molecule has 7 nitrogen and oxygen atoms in total. The van der Waals surface area contributed by atoms with Gasteiger partial charge in [0.15, 0.2) is 0 Å². The maximum Gasteiger partial charge on any atom is 0.253 e. The van der Waals surface area contributed by atoms with Crippen LogP contribution in [-0.2, 0) is 6.54 Å². The summed E-state index contributed by atoms with van der Waals surface area (Å²) >= 11 is 1.51. The Balaban J connectivity index is 1.71. The topological polar surface area (TPSA) is 81.9 Å². The van der Waals surface area contributed by atoms with Gasteiger partial charge in [-0.25, -0.2) is 4.98 Å².